The van der Waals surface area contributed by atoms with Crippen LogP contribution in [-0.2, 0) is 9.84 Å². The lowest BCUT2D eigenvalue weighted by atomic mass is 10.0. The van der Waals surface area contributed by atoms with E-state index < -0.39 is 9.84 Å². The molecule has 2 aromatic carbocycles. The van der Waals surface area contributed by atoms with Gasteiger partial charge < -0.3 is 5.32 Å². The SMILES string of the molecule is CS(=O)(=O)c1ccc(-c2ccc3c(cnn3C3CCNCC3)c2)cc1. The van der Waals surface area contributed by atoms with Crippen molar-refractivity contribution in [2.75, 3.05) is 19.3 Å². The zero-order valence-electron chi connectivity index (χ0n) is 14.1. The normalized spacial score (nSPS) is 16.4. The molecule has 1 aromatic heterocycles. The molecule has 1 aliphatic heterocycles. The first-order chi connectivity index (χ1) is 12.0. The molecule has 0 spiro atoms. The highest BCUT2D eigenvalue weighted by Gasteiger charge is 2.17. The summed E-state index contributed by atoms with van der Waals surface area (Å²) >= 11 is 0. The van der Waals surface area contributed by atoms with Crippen LogP contribution >= 0.6 is 0 Å². The largest absolute Gasteiger partial charge is 0.317 e. The zero-order valence-corrected chi connectivity index (χ0v) is 15.0. The molecule has 1 N–H and O–H groups in total. The van der Waals surface area contributed by atoms with Crippen LogP contribution in [0, 0.1) is 0 Å². The Bertz CT molecular complexity index is 1000. The highest BCUT2D eigenvalue weighted by Crippen LogP contribution is 2.28. The molecule has 4 rings (SSSR count). The third kappa shape index (κ3) is 3.19. The summed E-state index contributed by atoms with van der Waals surface area (Å²) in [5.41, 5.74) is 3.23. The molecule has 130 valence electrons. The first-order valence-electron chi connectivity index (χ1n) is 8.51. The number of hydrogen-bond acceptors (Lipinski definition) is 4. The van der Waals surface area contributed by atoms with Crippen molar-refractivity contribution in [2.45, 2.75) is 23.8 Å². The summed E-state index contributed by atoms with van der Waals surface area (Å²) in [4.78, 5) is 0.344. The van der Waals surface area contributed by atoms with Crippen LogP contribution in [0.4, 0.5) is 0 Å². The average Bonchev–Trinajstić information content (AvgIpc) is 3.05. The van der Waals surface area contributed by atoms with Crippen molar-refractivity contribution in [3.8, 4) is 11.1 Å². The third-order valence-electron chi connectivity index (χ3n) is 4.87. The highest BCUT2D eigenvalue weighted by molar-refractivity contribution is 7.90. The van der Waals surface area contributed by atoms with Crippen molar-refractivity contribution in [1.82, 2.24) is 15.1 Å². The van der Waals surface area contributed by atoms with Crippen LogP contribution in [0.2, 0.25) is 0 Å². The Kier molecular flexibility index (Phi) is 4.09. The van der Waals surface area contributed by atoms with E-state index in [0.29, 0.717) is 10.9 Å². The van der Waals surface area contributed by atoms with Gasteiger partial charge in [-0.2, -0.15) is 5.10 Å². The van der Waals surface area contributed by atoms with Gasteiger partial charge in [0.15, 0.2) is 9.84 Å². The molecule has 2 heterocycles. The fourth-order valence-electron chi connectivity index (χ4n) is 3.47. The number of benzene rings is 2. The van der Waals surface area contributed by atoms with Gasteiger partial charge in [0.05, 0.1) is 22.7 Å². The maximum Gasteiger partial charge on any atom is 0.175 e. The second-order valence-electron chi connectivity index (χ2n) is 6.64. The third-order valence-corrected chi connectivity index (χ3v) is 5.99. The lowest BCUT2D eigenvalue weighted by molar-refractivity contribution is 0.351. The molecule has 0 aliphatic carbocycles. The lowest BCUT2D eigenvalue weighted by Crippen LogP contribution is -2.29. The Morgan fingerprint density at radius 2 is 1.72 bits per heavy atom. The van der Waals surface area contributed by atoms with E-state index in [1.807, 2.05) is 18.3 Å². The van der Waals surface area contributed by atoms with E-state index in [1.165, 1.54) is 6.26 Å². The van der Waals surface area contributed by atoms with Crippen molar-refractivity contribution >= 4 is 20.7 Å². The van der Waals surface area contributed by atoms with Crippen LogP contribution in [0.15, 0.2) is 53.6 Å². The van der Waals surface area contributed by atoms with Crippen LogP contribution in [-0.4, -0.2) is 37.5 Å². The standard InChI is InChI=1S/C19H21N3O2S/c1-25(23,24)18-5-2-14(3-6-18)15-4-7-19-16(12-15)13-21-22(19)17-8-10-20-11-9-17/h2-7,12-13,17,20H,8-11H2,1H3. The zero-order chi connectivity index (χ0) is 17.4. The second-order valence-corrected chi connectivity index (χ2v) is 8.66. The first-order valence-corrected chi connectivity index (χ1v) is 10.4. The van der Waals surface area contributed by atoms with E-state index in [-0.39, 0.29) is 0 Å². The summed E-state index contributed by atoms with van der Waals surface area (Å²) in [6, 6.07) is 13.8. The molecular formula is C19H21N3O2S. The van der Waals surface area contributed by atoms with Gasteiger partial charge in [-0.15, -0.1) is 0 Å². The van der Waals surface area contributed by atoms with Crippen molar-refractivity contribution in [2.24, 2.45) is 0 Å². The van der Waals surface area contributed by atoms with Gasteiger partial charge in [0, 0.05) is 11.6 Å². The maximum atomic E-state index is 11.6. The number of rotatable bonds is 3. The summed E-state index contributed by atoms with van der Waals surface area (Å²) in [6.45, 7) is 2.08. The molecule has 6 heteroatoms. The molecule has 0 bridgehead atoms. The van der Waals surface area contributed by atoms with E-state index in [4.69, 9.17) is 0 Å². The van der Waals surface area contributed by atoms with Crippen molar-refractivity contribution < 1.29 is 8.42 Å². The first kappa shape index (κ1) is 16.3. The van der Waals surface area contributed by atoms with Gasteiger partial charge in [-0.3, -0.25) is 4.68 Å². The molecule has 3 aromatic rings. The smallest absolute Gasteiger partial charge is 0.175 e. The van der Waals surface area contributed by atoms with E-state index in [0.717, 1.165) is 48.0 Å². The van der Waals surface area contributed by atoms with Gasteiger partial charge >= 0.3 is 0 Å². The van der Waals surface area contributed by atoms with Gasteiger partial charge in [-0.1, -0.05) is 18.2 Å². The molecule has 25 heavy (non-hydrogen) atoms. The average molecular weight is 355 g/mol. The van der Waals surface area contributed by atoms with Crippen molar-refractivity contribution in [1.29, 1.82) is 0 Å². The van der Waals surface area contributed by atoms with Crippen molar-refractivity contribution in [3.63, 3.8) is 0 Å². The molecule has 1 saturated heterocycles. The predicted octanol–water partition coefficient (Wildman–Crippen LogP) is 3.03. The number of nitrogens with one attached hydrogen (secondary N) is 1. The Morgan fingerprint density at radius 3 is 2.40 bits per heavy atom. The molecule has 0 amide bonds. The van der Waals surface area contributed by atoms with Crippen LogP contribution < -0.4 is 5.32 Å². The molecule has 1 aliphatic rings. The Labute approximate surface area is 147 Å². The summed E-state index contributed by atoms with van der Waals surface area (Å²) in [5, 5.41) is 9.11. The van der Waals surface area contributed by atoms with Gasteiger partial charge in [-0.25, -0.2) is 8.42 Å². The second kappa shape index (κ2) is 6.28. The molecule has 0 unspecified atom stereocenters. The predicted molar refractivity (Wildman–Crippen MR) is 99.4 cm³/mol. The minimum atomic E-state index is -3.16. The number of fused-ring (bicyclic) bond motifs is 1. The summed E-state index contributed by atoms with van der Waals surface area (Å²) in [5.74, 6) is 0. The van der Waals surface area contributed by atoms with E-state index in [2.05, 4.69) is 33.3 Å². The number of piperidine rings is 1. The molecule has 0 atom stereocenters. The summed E-state index contributed by atoms with van der Waals surface area (Å²) < 4.78 is 25.3. The van der Waals surface area contributed by atoms with E-state index in [1.54, 1.807) is 12.1 Å². The van der Waals surface area contributed by atoms with E-state index >= 15 is 0 Å². The Morgan fingerprint density at radius 1 is 1.04 bits per heavy atom. The van der Waals surface area contributed by atoms with Gasteiger partial charge in [0.25, 0.3) is 0 Å². The minimum absolute atomic E-state index is 0.344. The molecular weight excluding hydrogens is 334 g/mol. The number of aromatic nitrogens is 2. The number of sulfone groups is 1. The number of hydrogen-bond donors (Lipinski definition) is 1. The fraction of sp³-hybridized carbons (Fsp3) is 0.316. The molecule has 0 saturated carbocycles. The lowest BCUT2D eigenvalue weighted by Gasteiger charge is -2.23. The van der Waals surface area contributed by atoms with Crippen molar-refractivity contribution in [3.05, 3.63) is 48.7 Å². The van der Waals surface area contributed by atoms with Gasteiger partial charge in [0.1, 0.15) is 0 Å². The fourth-order valence-corrected chi connectivity index (χ4v) is 4.10. The quantitative estimate of drug-likeness (QED) is 0.784. The van der Waals surface area contributed by atoms with E-state index in [9.17, 15) is 8.42 Å². The van der Waals surface area contributed by atoms with Gasteiger partial charge in [0.2, 0.25) is 0 Å². The molecule has 5 nitrogen and oxygen atoms in total. The van der Waals surface area contributed by atoms with Crippen LogP contribution in [0.1, 0.15) is 18.9 Å². The topological polar surface area (TPSA) is 64.0 Å². The summed E-state index contributed by atoms with van der Waals surface area (Å²) in [7, 11) is -3.16. The monoisotopic (exact) mass is 355 g/mol. The molecule has 0 radical (unpaired) electrons. The Hall–Kier alpha value is -2.18. The highest BCUT2D eigenvalue weighted by atomic mass is 32.2. The maximum absolute atomic E-state index is 11.6. The summed E-state index contributed by atoms with van der Waals surface area (Å²) in [6.07, 6.45) is 5.35. The van der Waals surface area contributed by atoms with Gasteiger partial charge in [-0.05, 0) is 61.3 Å². The Balaban J connectivity index is 1.68. The minimum Gasteiger partial charge on any atom is -0.317 e. The van der Waals surface area contributed by atoms with Crippen LogP contribution in [0.5, 0.6) is 0 Å². The van der Waals surface area contributed by atoms with Crippen LogP contribution in [0.3, 0.4) is 0 Å². The number of nitrogens with zero attached hydrogens (tertiary/aromatic N) is 2. The molecule has 1 fully saturated rings. The van der Waals surface area contributed by atoms with Crippen LogP contribution in [0.25, 0.3) is 22.0 Å².